The molecule has 1 saturated heterocycles. The van der Waals surface area contributed by atoms with Crippen LogP contribution in [0.2, 0.25) is 0 Å². The molecule has 1 aliphatic rings. The van der Waals surface area contributed by atoms with Gasteiger partial charge in [0, 0.05) is 19.0 Å². The van der Waals surface area contributed by atoms with Crippen LogP contribution in [-0.4, -0.2) is 27.4 Å². The van der Waals surface area contributed by atoms with Crippen LogP contribution >= 0.6 is 0 Å². The lowest BCUT2D eigenvalue weighted by atomic mass is 9.99. The summed E-state index contributed by atoms with van der Waals surface area (Å²) in [5.74, 6) is 0.287. The Balaban J connectivity index is 1.96. The van der Waals surface area contributed by atoms with Gasteiger partial charge in [-0.2, -0.15) is 0 Å². The quantitative estimate of drug-likeness (QED) is 0.901. The summed E-state index contributed by atoms with van der Waals surface area (Å²) in [6.45, 7) is 0.827. The van der Waals surface area contributed by atoms with Gasteiger partial charge in [0.05, 0.1) is 18.5 Å². The highest BCUT2D eigenvalue weighted by molar-refractivity contribution is 5.29. The molecule has 0 saturated carbocycles. The van der Waals surface area contributed by atoms with Crippen molar-refractivity contribution >= 4 is 0 Å². The van der Waals surface area contributed by atoms with Gasteiger partial charge in [-0.05, 0) is 30.5 Å². The van der Waals surface area contributed by atoms with Gasteiger partial charge in [-0.3, -0.25) is 0 Å². The maximum Gasteiger partial charge on any atom is 0.115 e. The monoisotopic (exact) mass is 244 g/mol. The second kappa shape index (κ2) is 4.82. The van der Waals surface area contributed by atoms with Gasteiger partial charge in [0.25, 0.3) is 0 Å². The molecule has 2 atom stereocenters. The van der Waals surface area contributed by atoms with Crippen molar-refractivity contribution in [3.8, 4) is 5.75 Å². The largest absolute Gasteiger partial charge is 0.508 e. The van der Waals surface area contributed by atoms with Crippen molar-refractivity contribution < 1.29 is 9.84 Å². The van der Waals surface area contributed by atoms with E-state index in [0.29, 0.717) is 0 Å². The number of hydrogen-bond acceptors (Lipinski definition) is 3. The Labute approximate surface area is 106 Å². The fourth-order valence-electron chi connectivity index (χ4n) is 2.54. The summed E-state index contributed by atoms with van der Waals surface area (Å²) in [5, 5.41) is 9.38. The van der Waals surface area contributed by atoms with Crippen LogP contribution in [0.15, 0.2) is 43.0 Å². The molecule has 1 aliphatic heterocycles. The Kier molecular flexibility index (Phi) is 3.02. The highest BCUT2D eigenvalue weighted by Gasteiger charge is 2.28. The summed E-state index contributed by atoms with van der Waals surface area (Å²) in [6.07, 6.45) is 7.90. The van der Waals surface area contributed by atoms with Gasteiger partial charge >= 0.3 is 0 Å². The maximum absolute atomic E-state index is 9.38. The van der Waals surface area contributed by atoms with Gasteiger partial charge in [0.1, 0.15) is 5.75 Å². The predicted molar refractivity (Wildman–Crippen MR) is 67.4 cm³/mol. The summed E-state index contributed by atoms with van der Waals surface area (Å²) in [6, 6.07) is 7.46. The number of nitrogens with zero attached hydrogens (tertiary/aromatic N) is 2. The number of aromatic hydroxyl groups is 1. The van der Waals surface area contributed by atoms with Crippen molar-refractivity contribution in [1.29, 1.82) is 0 Å². The van der Waals surface area contributed by atoms with Crippen LogP contribution in [0, 0.1) is 0 Å². The summed E-state index contributed by atoms with van der Waals surface area (Å²) < 4.78 is 7.88. The van der Waals surface area contributed by atoms with Crippen molar-refractivity contribution in [2.75, 3.05) is 6.61 Å². The van der Waals surface area contributed by atoms with Crippen molar-refractivity contribution in [2.24, 2.45) is 0 Å². The van der Waals surface area contributed by atoms with E-state index in [1.54, 1.807) is 18.3 Å². The lowest BCUT2D eigenvalue weighted by Crippen LogP contribution is -2.23. The first-order chi connectivity index (χ1) is 8.84. The van der Waals surface area contributed by atoms with E-state index >= 15 is 0 Å². The highest BCUT2D eigenvalue weighted by Crippen LogP contribution is 2.31. The van der Waals surface area contributed by atoms with Crippen molar-refractivity contribution in [3.05, 3.63) is 48.5 Å². The topological polar surface area (TPSA) is 47.3 Å². The van der Waals surface area contributed by atoms with E-state index in [9.17, 15) is 5.11 Å². The maximum atomic E-state index is 9.38. The van der Waals surface area contributed by atoms with E-state index in [-0.39, 0.29) is 17.9 Å². The number of ether oxygens (including phenoxy) is 1. The molecule has 1 aromatic carbocycles. The molecule has 1 aromatic heterocycles. The third-order valence-corrected chi connectivity index (χ3v) is 3.40. The van der Waals surface area contributed by atoms with Gasteiger partial charge in [0.2, 0.25) is 0 Å². The molecule has 0 amide bonds. The molecule has 2 aromatic rings. The Bertz CT molecular complexity index is 487. The normalized spacial score (nSPS) is 21.0. The second-order valence-electron chi connectivity index (χ2n) is 4.60. The average Bonchev–Trinajstić information content (AvgIpc) is 3.06. The van der Waals surface area contributed by atoms with Gasteiger partial charge in [-0.1, -0.05) is 12.1 Å². The van der Waals surface area contributed by atoms with Crippen LogP contribution in [-0.2, 0) is 4.74 Å². The molecular formula is C14H16N2O2. The van der Waals surface area contributed by atoms with Crippen molar-refractivity contribution in [2.45, 2.75) is 25.0 Å². The van der Waals surface area contributed by atoms with Crippen molar-refractivity contribution in [1.82, 2.24) is 9.55 Å². The molecule has 1 fully saturated rings. The minimum absolute atomic E-state index is 0.135. The first-order valence-corrected chi connectivity index (χ1v) is 6.22. The molecule has 1 N–H and O–H groups in total. The lowest BCUT2D eigenvalue weighted by Gasteiger charge is -2.24. The fraction of sp³-hybridized carbons (Fsp3) is 0.357. The predicted octanol–water partition coefficient (Wildman–Crippen LogP) is 2.36. The zero-order valence-electron chi connectivity index (χ0n) is 10.1. The van der Waals surface area contributed by atoms with Crippen molar-refractivity contribution in [3.63, 3.8) is 0 Å². The van der Waals surface area contributed by atoms with Crippen LogP contribution in [0.4, 0.5) is 0 Å². The van der Waals surface area contributed by atoms with Gasteiger partial charge in [-0.25, -0.2) is 4.98 Å². The van der Waals surface area contributed by atoms with Crippen LogP contribution in [0.3, 0.4) is 0 Å². The first kappa shape index (κ1) is 11.3. The van der Waals surface area contributed by atoms with Crippen LogP contribution in [0.1, 0.15) is 24.4 Å². The van der Waals surface area contributed by atoms with Gasteiger partial charge in [-0.15, -0.1) is 0 Å². The zero-order valence-corrected chi connectivity index (χ0v) is 10.1. The Morgan fingerprint density at radius 2 is 2.17 bits per heavy atom. The molecule has 2 heterocycles. The minimum atomic E-state index is 0.135. The molecule has 4 heteroatoms. The molecule has 0 spiro atoms. The Morgan fingerprint density at radius 3 is 2.78 bits per heavy atom. The third kappa shape index (κ3) is 2.11. The molecule has 3 rings (SSSR count). The molecule has 0 aliphatic carbocycles. The molecule has 18 heavy (non-hydrogen) atoms. The fourth-order valence-corrected chi connectivity index (χ4v) is 2.54. The third-order valence-electron chi connectivity index (χ3n) is 3.40. The molecule has 0 radical (unpaired) electrons. The molecule has 0 bridgehead atoms. The summed E-state index contributed by atoms with van der Waals surface area (Å²) in [4.78, 5) is 4.12. The number of phenols is 1. The second-order valence-corrected chi connectivity index (χ2v) is 4.60. The summed E-state index contributed by atoms with van der Waals surface area (Å²) >= 11 is 0. The average molecular weight is 244 g/mol. The lowest BCUT2D eigenvalue weighted by molar-refractivity contribution is 0.0799. The van der Waals surface area contributed by atoms with Crippen LogP contribution in [0.5, 0.6) is 5.75 Å². The molecule has 4 nitrogen and oxygen atoms in total. The van der Waals surface area contributed by atoms with E-state index in [2.05, 4.69) is 9.55 Å². The van der Waals surface area contributed by atoms with E-state index < -0.39 is 0 Å². The SMILES string of the molecule is Oc1ccc(C(C2CCCO2)n2ccnc2)cc1. The summed E-state index contributed by atoms with van der Waals surface area (Å²) in [7, 11) is 0. The Morgan fingerprint density at radius 1 is 1.33 bits per heavy atom. The first-order valence-electron chi connectivity index (χ1n) is 6.22. The molecule has 94 valence electrons. The van der Waals surface area contributed by atoms with Crippen LogP contribution in [0.25, 0.3) is 0 Å². The summed E-state index contributed by atoms with van der Waals surface area (Å²) in [5.41, 5.74) is 1.14. The smallest absolute Gasteiger partial charge is 0.115 e. The van der Waals surface area contributed by atoms with E-state index in [4.69, 9.17) is 4.74 Å². The molecule has 2 unspecified atom stereocenters. The number of imidazole rings is 1. The van der Waals surface area contributed by atoms with Gasteiger partial charge < -0.3 is 14.4 Å². The minimum Gasteiger partial charge on any atom is -0.508 e. The highest BCUT2D eigenvalue weighted by atomic mass is 16.5. The zero-order chi connectivity index (χ0) is 12.4. The number of benzene rings is 1. The van der Waals surface area contributed by atoms with Crippen LogP contribution < -0.4 is 0 Å². The van der Waals surface area contributed by atoms with E-state index in [0.717, 1.165) is 25.0 Å². The standard InChI is InChI=1S/C14H16N2O2/c17-12-5-3-11(4-6-12)14(13-2-1-9-18-13)16-8-7-15-10-16/h3-8,10,13-14,17H,1-2,9H2. The Hall–Kier alpha value is -1.81. The van der Waals surface area contributed by atoms with E-state index in [1.165, 1.54) is 0 Å². The molecular weight excluding hydrogens is 228 g/mol. The number of hydrogen-bond donors (Lipinski definition) is 1. The van der Waals surface area contributed by atoms with E-state index in [1.807, 2.05) is 24.7 Å². The van der Waals surface area contributed by atoms with Gasteiger partial charge in [0.15, 0.2) is 0 Å². The number of phenolic OH excluding ortho intramolecular Hbond substituents is 1. The number of aromatic nitrogens is 2. The number of rotatable bonds is 3.